The van der Waals surface area contributed by atoms with Crippen LogP contribution in [0.1, 0.15) is 17.4 Å². The SMILES string of the molecule is CCOC(=O)c1coc(Sc2nncs2)n1. The van der Waals surface area contributed by atoms with Crippen molar-refractivity contribution in [2.45, 2.75) is 16.5 Å². The van der Waals surface area contributed by atoms with Gasteiger partial charge < -0.3 is 9.15 Å². The summed E-state index contributed by atoms with van der Waals surface area (Å²) >= 11 is 2.58. The molecule has 0 aromatic carbocycles. The molecule has 84 valence electrons. The van der Waals surface area contributed by atoms with Crippen LogP contribution in [0.15, 0.2) is 25.8 Å². The van der Waals surface area contributed by atoms with Gasteiger partial charge in [-0.25, -0.2) is 4.79 Å². The van der Waals surface area contributed by atoms with Crippen LogP contribution in [0.5, 0.6) is 0 Å². The molecule has 0 fully saturated rings. The fraction of sp³-hybridized carbons (Fsp3) is 0.250. The smallest absolute Gasteiger partial charge is 0.360 e. The standard InChI is InChI=1S/C8H7N3O3S2/c1-2-13-6(12)5-3-14-7(10-5)16-8-11-9-4-15-8/h3-4H,2H2,1H3. The fourth-order valence-electron chi connectivity index (χ4n) is 0.885. The van der Waals surface area contributed by atoms with Crippen molar-refractivity contribution in [1.82, 2.24) is 15.2 Å². The first-order chi connectivity index (χ1) is 7.79. The van der Waals surface area contributed by atoms with Crippen LogP contribution >= 0.6 is 23.1 Å². The number of esters is 1. The van der Waals surface area contributed by atoms with Gasteiger partial charge in [-0.1, -0.05) is 11.3 Å². The monoisotopic (exact) mass is 257 g/mol. The van der Waals surface area contributed by atoms with E-state index >= 15 is 0 Å². The highest BCUT2D eigenvalue weighted by Crippen LogP contribution is 2.27. The summed E-state index contributed by atoms with van der Waals surface area (Å²) in [6.45, 7) is 2.04. The Balaban J connectivity index is 2.05. The molecule has 0 aliphatic heterocycles. The molecule has 0 unspecified atom stereocenters. The van der Waals surface area contributed by atoms with Crippen LogP contribution in [-0.4, -0.2) is 27.8 Å². The Morgan fingerprint density at radius 1 is 1.69 bits per heavy atom. The van der Waals surface area contributed by atoms with E-state index in [0.29, 0.717) is 16.2 Å². The van der Waals surface area contributed by atoms with Crippen LogP contribution in [0, 0.1) is 0 Å². The van der Waals surface area contributed by atoms with Crippen molar-refractivity contribution in [2.75, 3.05) is 6.61 Å². The summed E-state index contributed by atoms with van der Waals surface area (Å²) in [5, 5.41) is 7.84. The Morgan fingerprint density at radius 2 is 2.56 bits per heavy atom. The molecule has 2 aromatic rings. The number of oxazole rings is 1. The zero-order valence-corrected chi connectivity index (χ0v) is 9.88. The van der Waals surface area contributed by atoms with E-state index in [2.05, 4.69) is 15.2 Å². The van der Waals surface area contributed by atoms with E-state index in [1.807, 2.05) is 0 Å². The number of hydrogen-bond donors (Lipinski definition) is 0. The number of ether oxygens (including phenoxy) is 1. The van der Waals surface area contributed by atoms with Gasteiger partial charge in [-0.2, -0.15) is 4.98 Å². The Bertz CT molecular complexity index is 469. The highest BCUT2D eigenvalue weighted by molar-refractivity contribution is 8.00. The molecule has 8 heteroatoms. The predicted molar refractivity (Wildman–Crippen MR) is 56.5 cm³/mol. The minimum absolute atomic E-state index is 0.161. The molecule has 6 nitrogen and oxygen atoms in total. The van der Waals surface area contributed by atoms with E-state index in [9.17, 15) is 4.79 Å². The maximum absolute atomic E-state index is 11.3. The number of aromatic nitrogens is 3. The maximum atomic E-state index is 11.3. The molecule has 0 spiro atoms. The predicted octanol–water partition coefficient (Wildman–Crippen LogP) is 1.85. The van der Waals surface area contributed by atoms with Gasteiger partial charge in [0, 0.05) is 11.8 Å². The molecule has 0 amide bonds. The summed E-state index contributed by atoms with van der Waals surface area (Å²) in [5.74, 6) is -0.490. The molecule has 0 saturated heterocycles. The third-order valence-electron chi connectivity index (χ3n) is 1.48. The van der Waals surface area contributed by atoms with Crippen LogP contribution in [0.25, 0.3) is 0 Å². The second kappa shape index (κ2) is 5.08. The molecule has 2 rings (SSSR count). The lowest BCUT2D eigenvalue weighted by atomic mass is 10.5. The van der Waals surface area contributed by atoms with Crippen molar-refractivity contribution in [1.29, 1.82) is 0 Å². The first-order valence-corrected chi connectivity index (χ1v) is 6.06. The van der Waals surface area contributed by atoms with Gasteiger partial charge >= 0.3 is 5.97 Å². The Labute approximate surface area is 99.0 Å². The van der Waals surface area contributed by atoms with E-state index in [1.54, 1.807) is 12.4 Å². The zero-order chi connectivity index (χ0) is 11.4. The summed E-state index contributed by atoms with van der Waals surface area (Å²) in [6.07, 6.45) is 1.27. The summed E-state index contributed by atoms with van der Waals surface area (Å²) in [7, 11) is 0. The number of carbonyl (C=O) groups excluding carboxylic acids is 1. The second-order valence-corrected chi connectivity index (χ2v) is 4.56. The van der Waals surface area contributed by atoms with Crippen LogP contribution < -0.4 is 0 Å². The van der Waals surface area contributed by atoms with Gasteiger partial charge in [-0.15, -0.1) is 10.2 Å². The number of hydrogen-bond acceptors (Lipinski definition) is 8. The lowest BCUT2D eigenvalue weighted by Gasteiger charge is -1.94. The van der Waals surface area contributed by atoms with E-state index in [0.717, 1.165) is 0 Å². The van der Waals surface area contributed by atoms with E-state index in [1.165, 1.54) is 29.4 Å². The molecule has 0 saturated carbocycles. The minimum Gasteiger partial charge on any atom is -0.461 e. The lowest BCUT2D eigenvalue weighted by molar-refractivity contribution is 0.0519. The first kappa shape index (κ1) is 11.1. The number of carbonyl (C=O) groups is 1. The molecule has 0 atom stereocenters. The summed E-state index contributed by atoms with van der Waals surface area (Å²) in [5.41, 5.74) is 1.77. The quantitative estimate of drug-likeness (QED) is 0.773. The molecular formula is C8H7N3O3S2. The Morgan fingerprint density at radius 3 is 3.25 bits per heavy atom. The van der Waals surface area contributed by atoms with Crippen molar-refractivity contribution < 1.29 is 13.9 Å². The molecule has 2 heterocycles. The van der Waals surface area contributed by atoms with Crippen LogP contribution in [0.3, 0.4) is 0 Å². The Hall–Kier alpha value is -1.41. The molecule has 0 bridgehead atoms. The largest absolute Gasteiger partial charge is 0.461 e. The van der Waals surface area contributed by atoms with E-state index < -0.39 is 5.97 Å². The summed E-state index contributed by atoms with van der Waals surface area (Å²) < 4.78 is 10.6. The van der Waals surface area contributed by atoms with Crippen molar-refractivity contribution >= 4 is 29.1 Å². The van der Waals surface area contributed by atoms with Gasteiger partial charge in [0.1, 0.15) is 11.8 Å². The molecule has 0 radical (unpaired) electrons. The topological polar surface area (TPSA) is 78.1 Å². The number of rotatable bonds is 4. The molecule has 2 aromatic heterocycles. The van der Waals surface area contributed by atoms with E-state index in [4.69, 9.17) is 9.15 Å². The lowest BCUT2D eigenvalue weighted by Crippen LogP contribution is -2.04. The molecule has 0 aliphatic carbocycles. The van der Waals surface area contributed by atoms with Crippen molar-refractivity contribution in [3.63, 3.8) is 0 Å². The van der Waals surface area contributed by atoms with Crippen molar-refractivity contribution in [2.24, 2.45) is 0 Å². The van der Waals surface area contributed by atoms with Crippen LogP contribution in [0.2, 0.25) is 0 Å². The minimum atomic E-state index is -0.490. The van der Waals surface area contributed by atoms with Gasteiger partial charge in [-0.05, 0) is 6.92 Å². The summed E-state index contributed by atoms with van der Waals surface area (Å²) in [4.78, 5) is 15.2. The van der Waals surface area contributed by atoms with Crippen LogP contribution in [-0.2, 0) is 4.74 Å². The van der Waals surface area contributed by atoms with E-state index in [-0.39, 0.29) is 5.69 Å². The third kappa shape index (κ3) is 2.58. The van der Waals surface area contributed by atoms with Gasteiger partial charge in [-0.3, -0.25) is 0 Å². The zero-order valence-electron chi connectivity index (χ0n) is 8.24. The maximum Gasteiger partial charge on any atom is 0.360 e. The highest BCUT2D eigenvalue weighted by Gasteiger charge is 2.14. The molecule has 0 aliphatic rings. The van der Waals surface area contributed by atoms with Gasteiger partial charge in [0.05, 0.1) is 6.61 Å². The first-order valence-electron chi connectivity index (χ1n) is 4.36. The van der Waals surface area contributed by atoms with Gasteiger partial charge in [0.15, 0.2) is 10.0 Å². The number of nitrogens with zero attached hydrogens (tertiary/aromatic N) is 3. The van der Waals surface area contributed by atoms with Crippen molar-refractivity contribution in [3.05, 3.63) is 17.5 Å². The van der Waals surface area contributed by atoms with Gasteiger partial charge in [0.2, 0.25) is 0 Å². The average molecular weight is 257 g/mol. The molecule has 16 heavy (non-hydrogen) atoms. The Kier molecular flexibility index (Phi) is 3.52. The average Bonchev–Trinajstić information content (AvgIpc) is 2.90. The summed E-state index contributed by atoms with van der Waals surface area (Å²) in [6, 6.07) is 0. The van der Waals surface area contributed by atoms with Crippen LogP contribution in [0.4, 0.5) is 0 Å². The second-order valence-electron chi connectivity index (χ2n) is 2.53. The van der Waals surface area contributed by atoms with Crippen molar-refractivity contribution in [3.8, 4) is 0 Å². The highest BCUT2D eigenvalue weighted by atomic mass is 32.2. The molecule has 0 N–H and O–H groups in total. The van der Waals surface area contributed by atoms with Gasteiger partial charge in [0.25, 0.3) is 5.22 Å². The normalized spacial score (nSPS) is 10.3. The molecular weight excluding hydrogens is 250 g/mol. The third-order valence-corrected chi connectivity index (χ3v) is 3.12. The fourth-order valence-corrected chi connectivity index (χ4v) is 2.18.